The first-order chi connectivity index (χ1) is 6.89. The molecule has 1 saturated carbocycles. The highest BCUT2D eigenvalue weighted by Crippen LogP contribution is 2.31. The average molecular weight is 254 g/mol. The number of alkyl halides is 1. The number of sulfonamides is 1. The summed E-state index contributed by atoms with van der Waals surface area (Å²) in [6.45, 7) is 6.17. The molecular formula is C10H20ClNO2S. The number of halogens is 1. The fourth-order valence-corrected chi connectivity index (χ4v) is 3.58. The molecule has 5 heteroatoms. The normalized spacial score (nSPS) is 19.9. The Morgan fingerprint density at radius 1 is 1.33 bits per heavy atom. The second-order valence-corrected chi connectivity index (χ2v) is 7.23. The van der Waals surface area contributed by atoms with Crippen molar-refractivity contribution in [2.45, 2.75) is 44.9 Å². The third-order valence-electron chi connectivity index (χ3n) is 2.76. The summed E-state index contributed by atoms with van der Waals surface area (Å²) in [7, 11) is -3.20. The average Bonchev–Trinajstić information content (AvgIpc) is 2.95. The molecule has 0 saturated heterocycles. The second-order valence-electron chi connectivity index (χ2n) is 4.62. The van der Waals surface area contributed by atoms with Crippen molar-refractivity contribution in [1.29, 1.82) is 0 Å². The van der Waals surface area contributed by atoms with Crippen LogP contribution in [0.15, 0.2) is 0 Å². The summed E-state index contributed by atoms with van der Waals surface area (Å²) in [5, 5.41) is -0.486. The Kier molecular flexibility index (Phi) is 4.44. The maximum Gasteiger partial charge on any atom is 0.218 e. The molecule has 0 aromatic heterocycles. The summed E-state index contributed by atoms with van der Waals surface area (Å²) in [4.78, 5) is 0. The minimum Gasteiger partial charge on any atom is -0.212 e. The molecule has 0 aliphatic heterocycles. The van der Waals surface area contributed by atoms with E-state index >= 15 is 0 Å². The molecule has 0 bridgehead atoms. The lowest BCUT2D eigenvalue weighted by atomic mass is 10.3. The van der Waals surface area contributed by atoms with Gasteiger partial charge in [0.25, 0.3) is 0 Å². The fourth-order valence-electron chi connectivity index (χ4n) is 1.47. The topological polar surface area (TPSA) is 37.4 Å². The minimum atomic E-state index is -3.20. The molecule has 0 heterocycles. The SMILES string of the molecule is CC(C)N(CC1CC1)S(=O)(=O)C(C)CCl. The van der Waals surface area contributed by atoms with Crippen LogP contribution in [0.2, 0.25) is 0 Å². The van der Waals surface area contributed by atoms with Crippen molar-refractivity contribution < 1.29 is 8.42 Å². The third kappa shape index (κ3) is 3.33. The molecule has 0 N–H and O–H groups in total. The van der Waals surface area contributed by atoms with E-state index in [1.807, 2.05) is 13.8 Å². The number of rotatable bonds is 6. The Hall–Kier alpha value is 0.200. The van der Waals surface area contributed by atoms with E-state index in [0.29, 0.717) is 12.5 Å². The van der Waals surface area contributed by atoms with E-state index in [1.54, 1.807) is 11.2 Å². The van der Waals surface area contributed by atoms with Gasteiger partial charge in [-0.15, -0.1) is 11.6 Å². The molecule has 90 valence electrons. The Balaban J connectivity index is 2.76. The zero-order valence-corrected chi connectivity index (χ0v) is 11.2. The van der Waals surface area contributed by atoms with Crippen LogP contribution in [0.3, 0.4) is 0 Å². The maximum absolute atomic E-state index is 12.1. The lowest BCUT2D eigenvalue weighted by Gasteiger charge is -2.28. The van der Waals surface area contributed by atoms with Gasteiger partial charge in [0.2, 0.25) is 10.0 Å². The van der Waals surface area contributed by atoms with E-state index < -0.39 is 15.3 Å². The van der Waals surface area contributed by atoms with Crippen LogP contribution < -0.4 is 0 Å². The Bertz CT molecular complexity index is 299. The maximum atomic E-state index is 12.1. The van der Waals surface area contributed by atoms with Crippen LogP contribution in [0.25, 0.3) is 0 Å². The lowest BCUT2D eigenvalue weighted by molar-refractivity contribution is 0.338. The summed E-state index contributed by atoms with van der Waals surface area (Å²) in [6, 6.07) is 0.0290. The summed E-state index contributed by atoms with van der Waals surface area (Å²) in [5.74, 6) is 0.737. The molecule has 1 rings (SSSR count). The Morgan fingerprint density at radius 2 is 1.87 bits per heavy atom. The van der Waals surface area contributed by atoms with Crippen LogP contribution in [-0.4, -0.2) is 36.4 Å². The van der Waals surface area contributed by atoms with E-state index in [2.05, 4.69) is 0 Å². The Labute approximate surface area is 97.8 Å². The highest BCUT2D eigenvalue weighted by atomic mass is 35.5. The predicted molar refractivity (Wildman–Crippen MR) is 63.7 cm³/mol. The van der Waals surface area contributed by atoms with Crippen LogP contribution in [0, 0.1) is 5.92 Å². The first-order valence-corrected chi connectivity index (χ1v) is 7.50. The van der Waals surface area contributed by atoms with Crippen LogP contribution in [0.5, 0.6) is 0 Å². The quantitative estimate of drug-likeness (QED) is 0.680. The van der Waals surface area contributed by atoms with E-state index in [1.165, 1.54) is 0 Å². The van der Waals surface area contributed by atoms with Gasteiger partial charge >= 0.3 is 0 Å². The largest absolute Gasteiger partial charge is 0.218 e. The fraction of sp³-hybridized carbons (Fsp3) is 1.00. The third-order valence-corrected chi connectivity index (χ3v) is 5.82. The molecule has 0 radical (unpaired) electrons. The standard InChI is InChI=1S/C10H20ClNO2S/c1-8(2)12(7-10-4-5-10)15(13,14)9(3)6-11/h8-10H,4-7H2,1-3H3. The molecule has 3 nitrogen and oxygen atoms in total. The van der Waals surface area contributed by atoms with Gasteiger partial charge in [0.15, 0.2) is 0 Å². The number of hydrogen-bond donors (Lipinski definition) is 0. The highest BCUT2D eigenvalue weighted by Gasteiger charge is 2.34. The van der Waals surface area contributed by atoms with Gasteiger partial charge in [0.05, 0.1) is 5.25 Å². The molecule has 0 spiro atoms. The van der Waals surface area contributed by atoms with Gasteiger partial charge in [0, 0.05) is 18.5 Å². The number of nitrogens with zero attached hydrogens (tertiary/aromatic N) is 1. The molecule has 0 aromatic rings. The van der Waals surface area contributed by atoms with Gasteiger partial charge in [-0.25, -0.2) is 8.42 Å². The Morgan fingerprint density at radius 3 is 2.20 bits per heavy atom. The second kappa shape index (κ2) is 5.02. The summed E-state index contributed by atoms with van der Waals surface area (Å²) < 4.78 is 25.8. The van der Waals surface area contributed by atoms with Crippen molar-refractivity contribution in [3.63, 3.8) is 0 Å². The number of hydrogen-bond acceptors (Lipinski definition) is 2. The van der Waals surface area contributed by atoms with E-state index in [0.717, 1.165) is 12.8 Å². The molecule has 1 fully saturated rings. The monoisotopic (exact) mass is 253 g/mol. The van der Waals surface area contributed by atoms with Crippen LogP contribution >= 0.6 is 11.6 Å². The smallest absolute Gasteiger partial charge is 0.212 e. The van der Waals surface area contributed by atoms with Gasteiger partial charge < -0.3 is 0 Å². The van der Waals surface area contributed by atoms with Crippen LogP contribution in [0.1, 0.15) is 33.6 Å². The first kappa shape index (κ1) is 13.3. The highest BCUT2D eigenvalue weighted by molar-refractivity contribution is 7.89. The minimum absolute atomic E-state index is 0.0290. The predicted octanol–water partition coefficient (Wildman–Crippen LogP) is 2.06. The first-order valence-electron chi connectivity index (χ1n) is 5.46. The summed E-state index contributed by atoms with van der Waals surface area (Å²) >= 11 is 5.63. The van der Waals surface area contributed by atoms with Crippen molar-refractivity contribution >= 4 is 21.6 Å². The molecule has 1 unspecified atom stereocenters. The zero-order chi connectivity index (χ0) is 11.6. The molecule has 15 heavy (non-hydrogen) atoms. The van der Waals surface area contributed by atoms with Crippen LogP contribution in [0.4, 0.5) is 0 Å². The van der Waals surface area contributed by atoms with Crippen LogP contribution in [-0.2, 0) is 10.0 Å². The van der Waals surface area contributed by atoms with Gasteiger partial charge in [-0.1, -0.05) is 0 Å². The van der Waals surface area contributed by atoms with Gasteiger partial charge in [0.1, 0.15) is 0 Å². The molecule has 0 amide bonds. The van der Waals surface area contributed by atoms with Crippen molar-refractivity contribution in [1.82, 2.24) is 4.31 Å². The summed E-state index contributed by atoms with van der Waals surface area (Å²) in [6.07, 6.45) is 2.32. The molecular weight excluding hydrogens is 234 g/mol. The van der Waals surface area contributed by atoms with E-state index in [4.69, 9.17) is 11.6 Å². The van der Waals surface area contributed by atoms with E-state index in [-0.39, 0.29) is 11.9 Å². The van der Waals surface area contributed by atoms with E-state index in [9.17, 15) is 8.42 Å². The molecule has 0 aromatic carbocycles. The van der Waals surface area contributed by atoms with Gasteiger partial charge in [-0.05, 0) is 39.5 Å². The van der Waals surface area contributed by atoms with Crippen molar-refractivity contribution in [3.8, 4) is 0 Å². The zero-order valence-electron chi connectivity index (χ0n) is 9.61. The molecule has 1 atom stereocenters. The summed E-state index contributed by atoms with van der Waals surface area (Å²) in [5.41, 5.74) is 0. The lowest BCUT2D eigenvalue weighted by Crippen LogP contribution is -2.43. The van der Waals surface area contributed by atoms with Crippen molar-refractivity contribution in [2.75, 3.05) is 12.4 Å². The van der Waals surface area contributed by atoms with Crippen molar-refractivity contribution in [3.05, 3.63) is 0 Å². The molecule has 1 aliphatic carbocycles. The van der Waals surface area contributed by atoms with Gasteiger partial charge in [-0.3, -0.25) is 0 Å². The van der Waals surface area contributed by atoms with Gasteiger partial charge in [-0.2, -0.15) is 4.31 Å². The van der Waals surface area contributed by atoms with Crippen molar-refractivity contribution in [2.24, 2.45) is 5.92 Å². The molecule has 1 aliphatic rings.